The first kappa shape index (κ1) is 16.9. The molecule has 1 aliphatic rings. The summed E-state index contributed by atoms with van der Waals surface area (Å²) < 4.78 is 16.4. The standard InChI is InChI=1S/C18H20N2O5/c1-12-16(18(22)20-8-7-19-17(21)10-20)9-15(25-12)11-24-14-5-3-13(23-2)4-6-14/h3-6,9H,7-8,10-11H2,1-2H3,(H,19,21). The molecule has 1 saturated heterocycles. The fourth-order valence-corrected chi connectivity index (χ4v) is 2.64. The Hall–Kier alpha value is -2.96. The molecule has 2 aromatic rings. The number of methoxy groups -OCH3 is 1. The molecule has 0 spiro atoms. The van der Waals surface area contributed by atoms with Crippen molar-refractivity contribution in [1.29, 1.82) is 0 Å². The molecule has 3 rings (SSSR count). The maximum absolute atomic E-state index is 12.6. The van der Waals surface area contributed by atoms with Crippen LogP contribution in [0, 0.1) is 6.92 Å². The van der Waals surface area contributed by atoms with Crippen LogP contribution in [0.5, 0.6) is 11.5 Å². The number of furan rings is 1. The lowest BCUT2D eigenvalue weighted by atomic mass is 10.2. The molecule has 1 aliphatic heterocycles. The molecule has 132 valence electrons. The number of amides is 2. The first-order valence-corrected chi connectivity index (χ1v) is 7.99. The van der Waals surface area contributed by atoms with E-state index in [4.69, 9.17) is 13.9 Å². The van der Waals surface area contributed by atoms with Gasteiger partial charge >= 0.3 is 0 Å². The Labute approximate surface area is 145 Å². The van der Waals surface area contributed by atoms with E-state index in [-0.39, 0.29) is 25.0 Å². The Balaban J connectivity index is 1.65. The van der Waals surface area contributed by atoms with Crippen molar-refractivity contribution in [2.24, 2.45) is 0 Å². The van der Waals surface area contributed by atoms with E-state index in [1.807, 2.05) is 0 Å². The van der Waals surface area contributed by atoms with E-state index >= 15 is 0 Å². The van der Waals surface area contributed by atoms with Gasteiger partial charge in [-0.05, 0) is 37.3 Å². The molecule has 0 saturated carbocycles. The highest BCUT2D eigenvalue weighted by Crippen LogP contribution is 2.21. The minimum Gasteiger partial charge on any atom is -0.497 e. The van der Waals surface area contributed by atoms with Gasteiger partial charge in [0.2, 0.25) is 5.91 Å². The maximum Gasteiger partial charge on any atom is 0.257 e. The number of hydrogen-bond acceptors (Lipinski definition) is 5. The van der Waals surface area contributed by atoms with Crippen LogP contribution in [0.3, 0.4) is 0 Å². The van der Waals surface area contributed by atoms with Crippen molar-refractivity contribution in [3.63, 3.8) is 0 Å². The van der Waals surface area contributed by atoms with Crippen molar-refractivity contribution < 1.29 is 23.5 Å². The van der Waals surface area contributed by atoms with E-state index in [0.717, 1.165) is 5.75 Å². The lowest BCUT2D eigenvalue weighted by Crippen LogP contribution is -2.50. The van der Waals surface area contributed by atoms with Gasteiger partial charge in [-0.1, -0.05) is 0 Å². The summed E-state index contributed by atoms with van der Waals surface area (Å²) in [4.78, 5) is 25.5. The number of rotatable bonds is 5. The zero-order valence-electron chi connectivity index (χ0n) is 14.2. The van der Waals surface area contributed by atoms with Crippen molar-refractivity contribution in [2.75, 3.05) is 26.7 Å². The van der Waals surface area contributed by atoms with Crippen LogP contribution in [-0.4, -0.2) is 43.5 Å². The molecule has 0 atom stereocenters. The van der Waals surface area contributed by atoms with E-state index < -0.39 is 0 Å². The largest absolute Gasteiger partial charge is 0.497 e. The Kier molecular flexibility index (Phi) is 4.92. The molecule has 0 radical (unpaired) electrons. The second-order valence-electron chi connectivity index (χ2n) is 5.72. The molecule has 1 aromatic carbocycles. The van der Waals surface area contributed by atoms with Gasteiger partial charge in [0.15, 0.2) is 0 Å². The van der Waals surface area contributed by atoms with Crippen LogP contribution in [0.2, 0.25) is 0 Å². The normalized spacial score (nSPS) is 14.2. The molecule has 0 unspecified atom stereocenters. The van der Waals surface area contributed by atoms with E-state index in [0.29, 0.717) is 35.9 Å². The zero-order valence-corrected chi connectivity index (χ0v) is 14.2. The summed E-state index contributed by atoms with van der Waals surface area (Å²) in [6, 6.07) is 8.88. The molecule has 0 bridgehead atoms. The van der Waals surface area contributed by atoms with Gasteiger partial charge in [0, 0.05) is 13.1 Å². The number of hydrogen-bond donors (Lipinski definition) is 1. The summed E-state index contributed by atoms with van der Waals surface area (Å²) in [5.41, 5.74) is 0.461. The van der Waals surface area contributed by atoms with E-state index in [1.165, 1.54) is 4.90 Å². The Morgan fingerprint density at radius 1 is 1.28 bits per heavy atom. The second kappa shape index (κ2) is 7.29. The number of carbonyl (C=O) groups excluding carboxylic acids is 2. The summed E-state index contributed by atoms with van der Waals surface area (Å²) in [6.07, 6.45) is 0. The number of benzene rings is 1. The van der Waals surface area contributed by atoms with Gasteiger partial charge < -0.3 is 24.1 Å². The molecular weight excluding hydrogens is 324 g/mol. The third kappa shape index (κ3) is 3.93. The zero-order chi connectivity index (χ0) is 17.8. The van der Waals surface area contributed by atoms with Gasteiger partial charge in [-0.25, -0.2) is 0 Å². The Morgan fingerprint density at radius 2 is 2.00 bits per heavy atom. The molecule has 25 heavy (non-hydrogen) atoms. The predicted octanol–water partition coefficient (Wildman–Crippen LogP) is 1.75. The van der Waals surface area contributed by atoms with Crippen molar-refractivity contribution in [3.8, 4) is 11.5 Å². The summed E-state index contributed by atoms with van der Waals surface area (Å²) >= 11 is 0. The highest BCUT2D eigenvalue weighted by molar-refractivity contribution is 5.97. The number of nitrogens with zero attached hydrogens (tertiary/aromatic N) is 1. The lowest BCUT2D eigenvalue weighted by molar-refractivity contribution is -0.123. The first-order chi connectivity index (χ1) is 12.1. The SMILES string of the molecule is COc1ccc(OCc2cc(C(=O)N3CCNC(=O)C3)c(C)o2)cc1. The van der Waals surface area contributed by atoms with Crippen LogP contribution >= 0.6 is 0 Å². The number of ether oxygens (including phenoxy) is 2. The predicted molar refractivity (Wildman–Crippen MR) is 89.7 cm³/mol. The van der Waals surface area contributed by atoms with Gasteiger partial charge in [0.05, 0.1) is 19.2 Å². The molecule has 0 aliphatic carbocycles. The number of aryl methyl sites for hydroxylation is 1. The third-order valence-electron chi connectivity index (χ3n) is 3.97. The van der Waals surface area contributed by atoms with Crippen LogP contribution in [-0.2, 0) is 11.4 Å². The van der Waals surface area contributed by atoms with Gasteiger partial charge in [-0.15, -0.1) is 0 Å². The molecule has 1 aromatic heterocycles. The minimum atomic E-state index is -0.202. The molecular formula is C18H20N2O5. The molecule has 2 heterocycles. The van der Waals surface area contributed by atoms with Crippen LogP contribution < -0.4 is 14.8 Å². The second-order valence-corrected chi connectivity index (χ2v) is 5.72. The van der Waals surface area contributed by atoms with Crippen molar-refractivity contribution in [3.05, 3.63) is 47.4 Å². The van der Waals surface area contributed by atoms with Gasteiger partial charge in [-0.3, -0.25) is 9.59 Å². The average molecular weight is 344 g/mol. The number of carbonyl (C=O) groups is 2. The quantitative estimate of drug-likeness (QED) is 0.894. The van der Waals surface area contributed by atoms with Gasteiger partial charge in [-0.2, -0.15) is 0 Å². The molecule has 2 amide bonds. The van der Waals surface area contributed by atoms with E-state index in [9.17, 15) is 9.59 Å². The molecule has 7 nitrogen and oxygen atoms in total. The highest BCUT2D eigenvalue weighted by Gasteiger charge is 2.25. The van der Waals surface area contributed by atoms with E-state index in [1.54, 1.807) is 44.4 Å². The van der Waals surface area contributed by atoms with Crippen molar-refractivity contribution >= 4 is 11.8 Å². The molecule has 1 fully saturated rings. The summed E-state index contributed by atoms with van der Waals surface area (Å²) in [5.74, 6) is 2.15. The van der Waals surface area contributed by atoms with Gasteiger partial charge in [0.25, 0.3) is 5.91 Å². The smallest absolute Gasteiger partial charge is 0.257 e. The van der Waals surface area contributed by atoms with Gasteiger partial charge in [0.1, 0.15) is 29.6 Å². The van der Waals surface area contributed by atoms with Crippen molar-refractivity contribution in [1.82, 2.24) is 10.2 Å². The van der Waals surface area contributed by atoms with Crippen LogP contribution in [0.15, 0.2) is 34.7 Å². The van der Waals surface area contributed by atoms with Crippen LogP contribution in [0.25, 0.3) is 0 Å². The van der Waals surface area contributed by atoms with Crippen molar-refractivity contribution in [2.45, 2.75) is 13.5 Å². The maximum atomic E-state index is 12.6. The molecule has 1 N–H and O–H groups in total. The monoisotopic (exact) mass is 344 g/mol. The fraction of sp³-hybridized carbons (Fsp3) is 0.333. The Morgan fingerprint density at radius 3 is 2.68 bits per heavy atom. The first-order valence-electron chi connectivity index (χ1n) is 7.99. The highest BCUT2D eigenvalue weighted by atomic mass is 16.5. The summed E-state index contributed by atoms with van der Waals surface area (Å²) in [6.45, 7) is 2.97. The number of nitrogens with one attached hydrogen (secondary N) is 1. The van der Waals surface area contributed by atoms with Crippen LogP contribution in [0.1, 0.15) is 21.9 Å². The van der Waals surface area contributed by atoms with E-state index in [2.05, 4.69) is 5.32 Å². The molecule has 7 heteroatoms. The Bertz CT molecular complexity index is 766. The summed E-state index contributed by atoms with van der Waals surface area (Å²) in [7, 11) is 1.60. The third-order valence-corrected chi connectivity index (χ3v) is 3.97. The van der Waals surface area contributed by atoms with Crippen LogP contribution in [0.4, 0.5) is 0 Å². The fourth-order valence-electron chi connectivity index (χ4n) is 2.64. The average Bonchev–Trinajstić information content (AvgIpc) is 3.00. The number of piperazine rings is 1. The topological polar surface area (TPSA) is 81.0 Å². The minimum absolute atomic E-state index is 0.0706. The lowest BCUT2D eigenvalue weighted by Gasteiger charge is -2.26. The summed E-state index contributed by atoms with van der Waals surface area (Å²) in [5, 5.41) is 2.70.